The van der Waals surface area contributed by atoms with Gasteiger partial charge in [-0.15, -0.1) is 11.3 Å². The number of sulfone groups is 1. The van der Waals surface area contributed by atoms with Crippen molar-refractivity contribution in [1.29, 1.82) is 0 Å². The topological polar surface area (TPSA) is 89.3 Å². The van der Waals surface area contributed by atoms with Crippen LogP contribution in [0, 0.1) is 13.8 Å². The van der Waals surface area contributed by atoms with Crippen LogP contribution >= 0.6 is 43.2 Å². The Bertz CT molecular complexity index is 1470. The maximum atomic E-state index is 13.7. The Kier molecular flexibility index (Phi) is 7.00. The van der Waals surface area contributed by atoms with Crippen LogP contribution in [0.3, 0.4) is 0 Å². The molecular formula is C25H20Br2N2O3S2. The number of hydrogen-bond acceptors (Lipinski definition) is 6. The lowest BCUT2D eigenvalue weighted by Crippen LogP contribution is -2.08. The van der Waals surface area contributed by atoms with Gasteiger partial charge in [0, 0.05) is 20.2 Å². The van der Waals surface area contributed by atoms with Gasteiger partial charge in [0.05, 0.1) is 10.6 Å². The minimum Gasteiger partial charge on any atom is -0.396 e. The monoisotopic (exact) mass is 618 g/mol. The van der Waals surface area contributed by atoms with E-state index in [4.69, 9.17) is 5.73 Å². The van der Waals surface area contributed by atoms with Crippen molar-refractivity contribution in [2.24, 2.45) is 0 Å². The minimum atomic E-state index is -4.02. The highest BCUT2D eigenvalue weighted by atomic mass is 79.9. The van der Waals surface area contributed by atoms with Gasteiger partial charge in [-0.05, 0) is 73.5 Å². The molecule has 1 heterocycles. The van der Waals surface area contributed by atoms with Gasteiger partial charge in [-0.3, -0.25) is 4.79 Å². The molecule has 0 aliphatic heterocycles. The molecule has 0 saturated heterocycles. The van der Waals surface area contributed by atoms with Crippen LogP contribution in [0.1, 0.15) is 26.4 Å². The SMILES string of the molecule is Cc1cccc(C)c1Nc1sc(C(=O)c2ccc(Br)cc2)c(N)c1S(=O)(=O)c1ccc(Br)cc1. The smallest absolute Gasteiger partial charge is 0.211 e. The zero-order chi connectivity index (χ0) is 24.6. The number of para-hydroxylation sites is 1. The Labute approximate surface area is 219 Å². The van der Waals surface area contributed by atoms with Crippen LogP contribution < -0.4 is 11.1 Å². The van der Waals surface area contributed by atoms with Gasteiger partial charge < -0.3 is 11.1 Å². The van der Waals surface area contributed by atoms with Gasteiger partial charge in [0.2, 0.25) is 15.6 Å². The van der Waals surface area contributed by atoms with Gasteiger partial charge >= 0.3 is 0 Å². The van der Waals surface area contributed by atoms with Crippen LogP contribution in [-0.4, -0.2) is 14.2 Å². The van der Waals surface area contributed by atoms with E-state index in [1.807, 2.05) is 32.0 Å². The third-order valence-corrected chi connectivity index (χ3v) is 9.49. The standard InChI is InChI=1S/C25H20Br2N2O3S2/c1-14-4-3-5-15(2)21(14)29-25-24(34(31,32)19-12-10-18(27)11-13-19)20(28)23(33-25)22(30)16-6-8-17(26)9-7-16/h3-13,29H,28H2,1-2H3. The van der Waals surface area contributed by atoms with Crippen LogP contribution in [0.4, 0.5) is 16.4 Å². The number of aryl methyl sites for hydroxylation is 2. The van der Waals surface area contributed by atoms with Crippen molar-refractivity contribution in [2.75, 3.05) is 11.1 Å². The molecule has 3 N–H and O–H groups in total. The molecule has 34 heavy (non-hydrogen) atoms. The summed E-state index contributed by atoms with van der Waals surface area (Å²) < 4.78 is 29.0. The van der Waals surface area contributed by atoms with Crippen LogP contribution in [0.2, 0.25) is 0 Å². The average molecular weight is 620 g/mol. The van der Waals surface area contributed by atoms with Crippen LogP contribution in [0.25, 0.3) is 0 Å². The summed E-state index contributed by atoms with van der Waals surface area (Å²) in [4.78, 5) is 13.5. The predicted octanol–water partition coefficient (Wildman–Crippen LogP) is 7.28. The molecule has 174 valence electrons. The van der Waals surface area contributed by atoms with E-state index in [0.717, 1.165) is 37.1 Å². The number of anilines is 3. The van der Waals surface area contributed by atoms with Crippen molar-refractivity contribution in [3.05, 3.63) is 97.2 Å². The number of carbonyl (C=O) groups excluding carboxylic acids is 1. The van der Waals surface area contributed by atoms with E-state index >= 15 is 0 Å². The molecule has 0 amide bonds. The van der Waals surface area contributed by atoms with Crippen molar-refractivity contribution in [2.45, 2.75) is 23.6 Å². The van der Waals surface area contributed by atoms with E-state index in [9.17, 15) is 13.2 Å². The van der Waals surface area contributed by atoms with E-state index in [1.54, 1.807) is 36.4 Å². The lowest BCUT2D eigenvalue weighted by Gasteiger charge is -2.13. The fourth-order valence-corrected chi connectivity index (χ4v) is 6.98. The summed E-state index contributed by atoms with van der Waals surface area (Å²) in [6, 6.07) is 19.0. The van der Waals surface area contributed by atoms with E-state index in [0.29, 0.717) is 10.6 Å². The Morgan fingerprint density at radius 1 is 0.882 bits per heavy atom. The second-order valence-corrected chi connectivity index (χ2v) is 12.4. The Morgan fingerprint density at radius 3 is 1.97 bits per heavy atom. The number of benzene rings is 3. The van der Waals surface area contributed by atoms with Crippen LogP contribution in [0.5, 0.6) is 0 Å². The van der Waals surface area contributed by atoms with E-state index in [-0.39, 0.29) is 26.1 Å². The first-order valence-corrected chi connectivity index (χ1v) is 14.0. The number of thiophene rings is 1. The van der Waals surface area contributed by atoms with Gasteiger partial charge in [0.1, 0.15) is 14.8 Å². The maximum absolute atomic E-state index is 13.7. The van der Waals surface area contributed by atoms with Crippen LogP contribution in [0.15, 0.2) is 85.5 Å². The van der Waals surface area contributed by atoms with Gasteiger partial charge in [-0.25, -0.2) is 8.42 Å². The molecule has 0 atom stereocenters. The lowest BCUT2D eigenvalue weighted by molar-refractivity contribution is 0.104. The average Bonchev–Trinajstić information content (AvgIpc) is 3.13. The van der Waals surface area contributed by atoms with Crippen molar-refractivity contribution in [3.63, 3.8) is 0 Å². The highest BCUT2D eigenvalue weighted by molar-refractivity contribution is 9.10. The Balaban J connectivity index is 1.91. The number of nitrogen functional groups attached to an aromatic ring is 1. The zero-order valence-electron chi connectivity index (χ0n) is 18.2. The Morgan fingerprint density at radius 2 is 1.41 bits per heavy atom. The molecule has 0 aliphatic carbocycles. The third-order valence-electron chi connectivity index (χ3n) is 5.32. The number of nitrogens with two attached hydrogens (primary N) is 1. The summed E-state index contributed by atoms with van der Waals surface area (Å²) >= 11 is 7.74. The van der Waals surface area contributed by atoms with Crippen molar-refractivity contribution in [3.8, 4) is 0 Å². The molecule has 5 nitrogen and oxygen atoms in total. The molecule has 0 aliphatic rings. The lowest BCUT2D eigenvalue weighted by atomic mass is 10.1. The van der Waals surface area contributed by atoms with Crippen molar-refractivity contribution >= 4 is 75.2 Å². The van der Waals surface area contributed by atoms with Gasteiger partial charge in [0.25, 0.3) is 0 Å². The molecule has 0 unspecified atom stereocenters. The summed E-state index contributed by atoms with van der Waals surface area (Å²) in [7, 11) is -4.02. The first-order valence-electron chi connectivity index (χ1n) is 10.2. The summed E-state index contributed by atoms with van der Waals surface area (Å²) in [6.07, 6.45) is 0. The van der Waals surface area contributed by atoms with Gasteiger partial charge in [0.15, 0.2) is 0 Å². The summed E-state index contributed by atoms with van der Waals surface area (Å²) in [5.74, 6) is -0.336. The van der Waals surface area contributed by atoms with Gasteiger partial charge in [-0.1, -0.05) is 50.1 Å². The fourth-order valence-electron chi connectivity index (χ4n) is 3.54. The number of ketones is 1. The second kappa shape index (κ2) is 9.65. The quantitative estimate of drug-likeness (QED) is 0.221. The minimum absolute atomic E-state index is 0.0606. The molecule has 0 radical (unpaired) electrons. The first kappa shape index (κ1) is 24.7. The highest BCUT2D eigenvalue weighted by Gasteiger charge is 2.32. The van der Waals surface area contributed by atoms with Crippen molar-refractivity contribution in [1.82, 2.24) is 0 Å². The molecule has 1 aromatic heterocycles. The van der Waals surface area contributed by atoms with E-state index in [2.05, 4.69) is 37.2 Å². The number of halogens is 2. The molecular weight excluding hydrogens is 600 g/mol. The summed E-state index contributed by atoms with van der Waals surface area (Å²) in [6.45, 7) is 3.87. The third kappa shape index (κ3) is 4.70. The molecule has 4 rings (SSSR count). The number of rotatable bonds is 6. The Hall–Kier alpha value is -2.46. The molecule has 0 fully saturated rings. The number of hydrogen-bond donors (Lipinski definition) is 2. The molecule has 0 bridgehead atoms. The molecule has 4 aromatic rings. The van der Waals surface area contributed by atoms with Crippen LogP contribution in [-0.2, 0) is 9.84 Å². The number of nitrogens with one attached hydrogen (secondary N) is 1. The van der Waals surface area contributed by atoms with E-state index in [1.165, 1.54) is 12.1 Å². The molecule has 9 heteroatoms. The first-order chi connectivity index (χ1) is 16.1. The van der Waals surface area contributed by atoms with Gasteiger partial charge in [-0.2, -0.15) is 0 Å². The van der Waals surface area contributed by atoms with Crippen molar-refractivity contribution < 1.29 is 13.2 Å². The normalized spacial score (nSPS) is 11.4. The zero-order valence-corrected chi connectivity index (χ0v) is 23.0. The second-order valence-electron chi connectivity index (χ2n) is 7.69. The predicted molar refractivity (Wildman–Crippen MR) is 145 cm³/mol. The fraction of sp³-hybridized carbons (Fsp3) is 0.0800. The summed E-state index contributed by atoms with van der Waals surface area (Å²) in [5.41, 5.74) is 9.43. The molecule has 0 spiro atoms. The molecule has 0 saturated carbocycles. The largest absolute Gasteiger partial charge is 0.396 e. The maximum Gasteiger partial charge on any atom is 0.211 e. The van der Waals surface area contributed by atoms with E-state index < -0.39 is 9.84 Å². The highest BCUT2D eigenvalue weighted by Crippen LogP contribution is 2.44. The molecule has 3 aromatic carbocycles. The number of carbonyl (C=O) groups is 1. The summed E-state index contributed by atoms with van der Waals surface area (Å²) in [5, 5.41) is 3.57.